The van der Waals surface area contributed by atoms with Gasteiger partial charge in [-0.3, -0.25) is 9.59 Å². The summed E-state index contributed by atoms with van der Waals surface area (Å²) >= 11 is 7.60. The van der Waals surface area contributed by atoms with Crippen LogP contribution in [0.5, 0.6) is 0 Å². The zero-order valence-corrected chi connectivity index (χ0v) is 7.33. The molecule has 0 N–H and O–H groups in total. The Balaban J connectivity index is 3.47. The van der Waals surface area contributed by atoms with Crippen LogP contribution in [0.25, 0.3) is 0 Å². The van der Waals surface area contributed by atoms with Gasteiger partial charge in [-0.05, 0) is 5.75 Å². The zero-order chi connectivity index (χ0) is 7.98. The first kappa shape index (κ1) is 10.0. The van der Waals surface area contributed by atoms with Crippen molar-refractivity contribution in [2.75, 3.05) is 11.5 Å². The maximum atomic E-state index is 10.7. The van der Waals surface area contributed by atoms with Gasteiger partial charge in [0.25, 0.3) is 0 Å². The molecule has 0 heterocycles. The van der Waals surface area contributed by atoms with Crippen LogP contribution in [-0.2, 0) is 9.59 Å². The van der Waals surface area contributed by atoms with E-state index in [1.54, 1.807) is 0 Å². The summed E-state index contributed by atoms with van der Waals surface area (Å²) in [5.74, 6) is 0.501. The van der Waals surface area contributed by atoms with E-state index in [1.807, 2.05) is 0 Å². The molecular formula is C6H10O2S2. The van der Waals surface area contributed by atoms with Gasteiger partial charge in [0.05, 0.1) is 6.42 Å². The lowest BCUT2D eigenvalue weighted by atomic mass is 10.2. The molecule has 0 atom stereocenters. The predicted octanol–water partition coefficient (Wildman–Crippen LogP) is 0.764. The Morgan fingerprint density at radius 1 is 1.10 bits per heavy atom. The first-order chi connectivity index (χ1) is 4.70. The summed E-state index contributed by atoms with van der Waals surface area (Å²) in [6.07, 6.45) is 0.396. The van der Waals surface area contributed by atoms with Gasteiger partial charge in [-0.25, -0.2) is 0 Å². The second-order valence-corrected chi connectivity index (χ2v) is 2.65. The smallest absolute Gasteiger partial charge is 0.149 e. The van der Waals surface area contributed by atoms with Crippen molar-refractivity contribution in [3.8, 4) is 0 Å². The fourth-order valence-electron chi connectivity index (χ4n) is 0.489. The third kappa shape index (κ3) is 4.88. The van der Waals surface area contributed by atoms with Gasteiger partial charge in [-0.2, -0.15) is 25.3 Å². The second-order valence-electron chi connectivity index (χ2n) is 1.89. The highest BCUT2D eigenvalue weighted by atomic mass is 32.1. The third-order valence-corrected chi connectivity index (χ3v) is 1.54. The number of hydrogen-bond donors (Lipinski definition) is 2. The van der Waals surface area contributed by atoms with Crippen molar-refractivity contribution in [1.82, 2.24) is 0 Å². The molecule has 0 amide bonds. The summed E-state index contributed by atoms with van der Waals surface area (Å²) in [6, 6.07) is 0. The molecule has 0 aromatic carbocycles. The molecule has 0 fully saturated rings. The van der Waals surface area contributed by atoms with Gasteiger partial charge in [-0.15, -0.1) is 0 Å². The van der Waals surface area contributed by atoms with E-state index in [-0.39, 0.29) is 23.7 Å². The molecule has 0 aliphatic carbocycles. The lowest BCUT2D eigenvalue weighted by molar-refractivity contribution is -0.125. The summed E-state index contributed by atoms with van der Waals surface area (Å²) in [5, 5.41) is 0. The molecule has 0 unspecified atom stereocenters. The normalized spacial score (nSPS) is 9.40. The molecule has 58 valence electrons. The molecule has 0 rings (SSSR count). The Labute approximate surface area is 71.2 Å². The van der Waals surface area contributed by atoms with Crippen LogP contribution in [0.1, 0.15) is 12.8 Å². The minimum absolute atomic E-state index is 0.0179. The van der Waals surface area contributed by atoms with Gasteiger partial charge in [0.2, 0.25) is 0 Å². The Bertz CT molecular complexity index is 134. The number of hydrogen-bond acceptors (Lipinski definition) is 4. The van der Waals surface area contributed by atoms with E-state index in [4.69, 9.17) is 0 Å². The van der Waals surface area contributed by atoms with E-state index in [1.165, 1.54) is 0 Å². The van der Waals surface area contributed by atoms with E-state index < -0.39 is 0 Å². The van der Waals surface area contributed by atoms with Gasteiger partial charge in [0, 0.05) is 12.2 Å². The predicted molar refractivity (Wildman–Crippen MR) is 47.0 cm³/mol. The minimum atomic E-state index is -0.116. The van der Waals surface area contributed by atoms with Crippen molar-refractivity contribution in [3.63, 3.8) is 0 Å². The molecule has 0 saturated heterocycles. The Morgan fingerprint density at radius 3 is 2.10 bits per heavy atom. The van der Waals surface area contributed by atoms with Gasteiger partial charge < -0.3 is 0 Å². The molecule has 0 aliphatic heterocycles. The maximum absolute atomic E-state index is 10.7. The van der Waals surface area contributed by atoms with Crippen molar-refractivity contribution in [2.45, 2.75) is 12.8 Å². The third-order valence-electron chi connectivity index (χ3n) is 0.961. The van der Waals surface area contributed by atoms with E-state index in [0.29, 0.717) is 12.2 Å². The van der Waals surface area contributed by atoms with Gasteiger partial charge in [-0.1, -0.05) is 0 Å². The van der Waals surface area contributed by atoms with E-state index in [2.05, 4.69) is 25.3 Å². The first-order valence-corrected chi connectivity index (χ1v) is 4.22. The summed E-state index contributed by atoms with van der Waals surface area (Å²) < 4.78 is 0. The number of ketones is 2. The standard InChI is InChI=1S/C6H10O2S2/c7-5(1-2-9)3-6(8)4-10/h9-10H,1-4H2. The topological polar surface area (TPSA) is 34.1 Å². The Kier molecular flexibility index (Phi) is 5.82. The van der Waals surface area contributed by atoms with Crippen LogP contribution >= 0.6 is 25.3 Å². The molecule has 0 aromatic rings. The van der Waals surface area contributed by atoms with Gasteiger partial charge >= 0.3 is 0 Å². The molecule has 2 nitrogen and oxygen atoms in total. The average Bonchev–Trinajstić information content (AvgIpc) is 1.88. The second kappa shape index (κ2) is 5.80. The zero-order valence-electron chi connectivity index (χ0n) is 5.54. The largest absolute Gasteiger partial charge is 0.299 e. The highest BCUT2D eigenvalue weighted by Crippen LogP contribution is 1.94. The molecule has 10 heavy (non-hydrogen) atoms. The van der Waals surface area contributed by atoms with E-state index in [9.17, 15) is 9.59 Å². The molecule has 0 radical (unpaired) electrons. The SMILES string of the molecule is O=C(CS)CC(=O)CCS. The van der Waals surface area contributed by atoms with Crippen molar-refractivity contribution in [2.24, 2.45) is 0 Å². The average molecular weight is 178 g/mol. The molecule has 0 aromatic heterocycles. The van der Waals surface area contributed by atoms with Crippen LogP contribution in [0.15, 0.2) is 0 Å². The highest BCUT2D eigenvalue weighted by Gasteiger charge is 2.05. The van der Waals surface area contributed by atoms with E-state index >= 15 is 0 Å². The number of Topliss-reactive ketones (excluding diaryl/α,β-unsaturated/α-hetero) is 2. The van der Waals surface area contributed by atoms with E-state index in [0.717, 1.165) is 0 Å². The van der Waals surface area contributed by atoms with Crippen molar-refractivity contribution in [3.05, 3.63) is 0 Å². The lowest BCUT2D eigenvalue weighted by Gasteiger charge is -1.93. The minimum Gasteiger partial charge on any atom is -0.299 e. The molecule has 4 heteroatoms. The quantitative estimate of drug-likeness (QED) is 0.481. The molecule has 0 aliphatic rings. The Hall–Kier alpha value is 0.0400. The fourth-order valence-corrected chi connectivity index (χ4v) is 0.850. The summed E-state index contributed by atoms with van der Waals surface area (Å²) in [4.78, 5) is 21.3. The van der Waals surface area contributed by atoms with Crippen LogP contribution in [0.3, 0.4) is 0 Å². The van der Waals surface area contributed by atoms with Crippen LogP contribution in [0.2, 0.25) is 0 Å². The number of rotatable bonds is 5. The van der Waals surface area contributed by atoms with Crippen LogP contribution in [0, 0.1) is 0 Å². The van der Waals surface area contributed by atoms with Crippen molar-refractivity contribution >= 4 is 36.8 Å². The number of carbonyl (C=O) groups is 2. The Morgan fingerprint density at radius 2 is 1.70 bits per heavy atom. The lowest BCUT2D eigenvalue weighted by Crippen LogP contribution is -2.08. The summed E-state index contributed by atoms with van der Waals surface area (Å²) in [6.45, 7) is 0. The highest BCUT2D eigenvalue weighted by molar-refractivity contribution is 7.81. The van der Waals surface area contributed by atoms with Gasteiger partial charge in [0.1, 0.15) is 11.6 Å². The van der Waals surface area contributed by atoms with Crippen molar-refractivity contribution in [1.29, 1.82) is 0 Å². The molecule has 0 bridgehead atoms. The fraction of sp³-hybridized carbons (Fsp3) is 0.667. The van der Waals surface area contributed by atoms with Crippen LogP contribution < -0.4 is 0 Å². The summed E-state index contributed by atoms with van der Waals surface area (Å²) in [5.41, 5.74) is 0. The maximum Gasteiger partial charge on any atom is 0.149 e. The monoisotopic (exact) mass is 178 g/mol. The number of carbonyl (C=O) groups excluding carboxylic acids is 2. The molecule has 0 saturated carbocycles. The molecular weight excluding hydrogens is 168 g/mol. The molecule has 0 spiro atoms. The van der Waals surface area contributed by atoms with Gasteiger partial charge in [0.15, 0.2) is 0 Å². The number of thiol groups is 2. The van der Waals surface area contributed by atoms with Crippen molar-refractivity contribution < 1.29 is 9.59 Å². The van der Waals surface area contributed by atoms with Crippen LogP contribution in [-0.4, -0.2) is 23.1 Å². The summed E-state index contributed by atoms with van der Waals surface area (Å²) in [7, 11) is 0. The van der Waals surface area contributed by atoms with Crippen LogP contribution in [0.4, 0.5) is 0 Å². The first-order valence-electron chi connectivity index (χ1n) is 2.95.